The number of carbonyl (C=O) groups is 1. The van der Waals surface area contributed by atoms with Gasteiger partial charge in [-0.3, -0.25) is 20.3 Å². The molecule has 2 aromatic carbocycles. The number of nitrogens with one attached hydrogen (secondary N) is 2. The monoisotopic (exact) mass is 434 g/mol. The number of hydrogen-bond acceptors (Lipinski definition) is 7. The molecule has 1 aliphatic carbocycles. The van der Waals surface area contributed by atoms with Gasteiger partial charge in [-0.05, 0) is 44.0 Å². The van der Waals surface area contributed by atoms with Crippen LogP contribution in [0.25, 0.3) is 0 Å². The number of amides is 1. The molecule has 1 aliphatic rings. The largest absolute Gasteiger partial charge is 0.497 e. The number of anilines is 2. The lowest BCUT2D eigenvalue weighted by Crippen LogP contribution is -2.14. The van der Waals surface area contributed by atoms with Gasteiger partial charge >= 0.3 is 0 Å². The normalized spacial score (nSPS) is 14.0. The topological polar surface area (TPSA) is 119 Å². The van der Waals surface area contributed by atoms with E-state index >= 15 is 0 Å². The summed E-state index contributed by atoms with van der Waals surface area (Å²) in [5.74, 6) is 1.29. The van der Waals surface area contributed by atoms with E-state index in [2.05, 4.69) is 15.8 Å². The molecule has 0 unspecified atom stereocenters. The van der Waals surface area contributed by atoms with Gasteiger partial charge < -0.3 is 14.5 Å². The van der Waals surface area contributed by atoms with Crippen LogP contribution in [0.4, 0.5) is 17.1 Å². The number of hydrazone groups is 1. The molecule has 1 heterocycles. The summed E-state index contributed by atoms with van der Waals surface area (Å²) in [7, 11) is 1.57. The Morgan fingerprint density at radius 2 is 1.94 bits per heavy atom. The first-order valence-electron chi connectivity index (χ1n) is 10.1. The molecule has 0 saturated heterocycles. The van der Waals surface area contributed by atoms with Crippen molar-refractivity contribution in [2.24, 2.45) is 5.10 Å². The van der Waals surface area contributed by atoms with Crippen molar-refractivity contribution in [2.45, 2.75) is 26.2 Å². The van der Waals surface area contributed by atoms with Crippen LogP contribution in [0.3, 0.4) is 0 Å². The Bertz CT molecular complexity index is 1200. The van der Waals surface area contributed by atoms with Crippen LogP contribution in [-0.4, -0.2) is 23.7 Å². The van der Waals surface area contributed by atoms with Gasteiger partial charge in [0.1, 0.15) is 11.5 Å². The number of ether oxygens (including phenoxy) is 1. The predicted molar refractivity (Wildman–Crippen MR) is 121 cm³/mol. The highest BCUT2D eigenvalue weighted by atomic mass is 16.6. The smallest absolute Gasteiger partial charge is 0.291 e. The van der Waals surface area contributed by atoms with Crippen LogP contribution in [-0.2, 0) is 6.42 Å². The molecule has 9 nitrogen and oxygen atoms in total. The minimum absolute atomic E-state index is 0.0144. The van der Waals surface area contributed by atoms with Gasteiger partial charge in [0.15, 0.2) is 5.76 Å². The summed E-state index contributed by atoms with van der Waals surface area (Å²) in [6.07, 6.45) is 2.29. The molecule has 9 heteroatoms. The van der Waals surface area contributed by atoms with Crippen molar-refractivity contribution < 1.29 is 18.9 Å². The molecule has 0 aliphatic heterocycles. The van der Waals surface area contributed by atoms with Crippen LogP contribution < -0.4 is 15.5 Å². The predicted octanol–water partition coefficient (Wildman–Crippen LogP) is 4.91. The number of furan rings is 1. The molecule has 0 radical (unpaired) electrons. The van der Waals surface area contributed by atoms with E-state index in [4.69, 9.17) is 9.15 Å². The fourth-order valence-electron chi connectivity index (χ4n) is 3.68. The second-order valence-electron chi connectivity index (χ2n) is 7.37. The molecule has 1 amide bonds. The summed E-state index contributed by atoms with van der Waals surface area (Å²) in [5.41, 5.74) is 6.55. The molecule has 0 atom stereocenters. The molecule has 0 spiro atoms. The first-order valence-corrected chi connectivity index (χ1v) is 10.1. The van der Waals surface area contributed by atoms with Crippen LogP contribution >= 0.6 is 0 Å². The molecule has 1 aromatic heterocycles. The number of fused-ring (bicyclic) bond motifs is 1. The zero-order valence-corrected chi connectivity index (χ0v) is 17.7. The van der Waals surface area contributed by atoms with E-state index in [0.29, 0.717) is 17.1 Å². The van der Waals surface area contributed by atoms with E-state index < -0.39 is 4.92 Å². The van der Waals surface area contributed by atoms with E-state index in [-0.39, 0.29) is 17.4 Å². The average Bonchev–Trinajstić information content (AvgIpc) is 3.15. The Balaban J connectivity index is 1.56. The third-order valence-electron chi connectivity index (χ3n) is 5.26. The van der Waals surface area contributed by atoms with Crippen LogP contribution in [0, 0.1) is 17.0 Å². The molecule has 0 bridgehead atoms. The number of nitro groups is 1. The Hall–Kier alpha value is -4.14. The number of hydrogen-bond donors (Lipinski definition) is 2. The molecular formula is C23H22N4O5. The van der Waals surface area contributed by atoms with Gasteiger partial charge in [-0.2, -0.15) is 5.10 Å². The number of carbonyl (C=O) groups excluding carboxylic acids is 1. The number of benzene rings is 2. The second kappa shape index (κ2) is 8.93. The number of methoxy groups -OCH3 is 1. The molecule has 4 rings (SSSR count). The van der Waals surface area contributed by atoms with Gasteiger partial charge in [0.05, 0.1) is 23.4 Å². The Morgan fingerprint density at radius 1 is 1.16 bits per heavy atom. The van der Waals surface area contributed by atoms with E-state index in [1.165, 1.54) is 12.1 Å². The zero-order chi connectivity index (χ0) is 22.7. The van der Waals surface area contributed by atoms with Gasteiger partial charge in [0, 0.05) is 41.4 Å². The van der Waals surface area contributed by atoms with Crippen molar-refractivity contribution in [3.63, 3.8) is 0 Å². The lowest BCUT2D eigenvalue weighted by atomic mass is 9.93. The zero-order valence-electron chi connectivity index (χ0n) is 17.7. The average molecular weight is 434 g/mol. The van der Waals surface area contributed by atoms with Crippen LogP contribution in [0.2, 0.25) is 0 Å². The van der Waals surface area contributed by atoms with Gasteiger partial charge in [0.2, 0.25) is 0 Å². The van der Waals surface area contributed by atoms with Crippen molar-refractivity contribution in [3.05, 3.63) is 81.3 Å². The Kier molecular flexibility index (Phi) is 5.89. The highest BCUT2D eigenvalue weighted by Crippen LogP contribution is 2.31. The molecule has 0 fully saturated rings. The van der Waals surface area contributed by atoms with Crippen molar-refractivity contribution in [1.29, 1.82) is 0 Å². The van der Waals surface area contributed by atoms with Crippen molar-refractivity contribution in [3.8, 4) is 5.75 Å². The molecule has 164 valence electrons. The SMILES string of the molecule is COc1cccc(NC(=O)c2oc3c(c2C)/C(=N/Nc2ccc([N+](=O)[O-])cc2)CCC3)c1. The third-order valence-corrected chi connectivity index (χ3v) is 5.26. The molecular weight excluding hydrogens is 412 g/mol. The lowest BCUT2D eigenvalue weighted by Gasteiger charge is -2.13. The third kappa shape index (κ3) is 4.31. The van der Waals surface area contributed by atoms with Crippen LogP contribution in [0.5, 0.6) is 5.75 Å². The molecule has 0 saturated carbocycles. The summed E-state index contributed by atoms with van der Waals surface area (Å²) in [5, 5.41) is 18.2. The standard InChI is InChI=1S/C23H22N4O5/c1-14-21-19(26-25-15-9-11-17(12-10-15)27(29)30)7-4-8-20(21)32-22(14)23(28)24-16-5-3-6-18(13-16)31-2/h3,5-6,9-13,25H,4,7-8H2,1-2H3,(H,24,28)/b26-19+. The quantitative estimate of drug-likeness (QED) is 0.420. The number of aryl methyl sites for hydroxylation is 1. The maximum absolute atomic E-state index is 12.9. The van der Waals surface area contributed by atoms with Gasteiger partial charge in [0.25, 0.3) is 11.6 Å². The van der Waals surface area contributed by atoms with E-state index in [1.807, 2.05) is 6.92 Å². The van der Waals surface area contributed by atoms with Gasteiger partial charge in [-0.25, -0.2) is 0 Å². The summed E-state index contributed by atoms with van der Waals surface area (Å²) in [4.78, 5) is 23.2. The van der Waals surface area contributed by atoms with E-state index in [0.717, 1.165) is 41.9 Å². The van der Waals surface area contributed by atoms with Gasteiger partial charge in [-0.1, -0.05) is 6.07 Å². The molecule has 32 heavy (non-hydrogen) atoms. The maximum atomic E-state index is 12.9. The number of nitrogens with zero attached hydrogens (tertiary/aromatic N) is 2. The highest BCUT2D eigenvalue weighted by molar-refractivity contribution is 6.09. The first-order chi connectivity index (χ1) is 15.5. The minimum atomic E-state index is -0.448. The summed E-state index contributed by atoms with van der Waals surface area (Å²) in [6.45, 7) is 1.84. The number of nitro benzene ring substituents is 1. The van der Waals surface area contributed by atoms with Gasteiger partial charge in [-0.15, -0.1) is 0 Å². The van der Waals surface area contributed by atoms with Crippen molar-refractivity contribution in [1.82, 2.24) is 0 Å². The highest BCUT2D eigenvalue weighted by Gasteiger charge is 2.28. The van der Waals surface area contributed by atoms with E-state index in [1.54, 1.807) is 43.5 Å². The molecule has 3 aromatic rings. The fourth-order valence-corrected chi connectivity index (χ4v) is 3.68. The number of non-ortho nitro benzene ring substituents is 1. The Morgan fingerprint density at radius 3 is 2.66 bits per heavy atom. The van der Waals surface area contributed by atoms with E-state index in [9.17, 15) is 14.9 Å². The number of rotatable bonds is 6. The van der Waals surface area contributed by atoms with Crippen LogP contribution in [0.1, 0.15) is 40.3 Å². The fraction of sp³-hybridized carbons (Fsp3) is 0.217. The summed E-state index contributed by atoms with van der Waals surface area (Å²) < 4.78 is 11.1. The van der Waals surface area contributed by atoms with Crippen molar-refractivity contribution in [2.75, 3.05) is 17.9 Å². The molecule has 2 N–H and O–H groups in total. The first kappa shape index (κ1) is 21.1. The second-order valence-corrected chi connectivity index (χ2v) is 7.37. The lowest BCUT2D eigenvalue weighted by molar-refractivity contribution is -0.384. The minimum Gasteiger partial charge on any atom is -0.497 e. The van der Waals surface area contributed by atoms with Crippen molar-refractivity contribution >= 4 is 28.7 Å². The summed E-state index contributed by atoms with van der Waals surface area (Å²) in [6, 6.07) is 13.1. The Labute approximate surface area is 184 Å². The van der Waals surface area contributed by atoms with Crippen LogP contribution in [0.15, 0.2) is 58.0 Å². The maximum Gasteiger partial charge on any atom is 0.291 e. The summed E-state index contributed by atoms with van der Waals surface area (Å²) >= 11 is 0.